The Morgan fingerprint density at radius 2 is 2.10 bits per heavy atom. The van der Waals surface area contributed by atoms with Crippen molar-refractivity contribution in [3.05, 3.63) is 71.8 Å². The van der Waals surface area contributed by atoms with E-state index >= 15 is 0 Å². The van der Waals surface area contributed by atoms with E-state index in [9.17, 15) is 4.39 Å². The molecule has 0 saturated carbocycles. The maximum atomic E-state index is 13.0. The minimum atomic E-state index is -0.176. The van der Waals surface area contributed by atoms with Gasteiger partial charge in [0, 0.05) is 18.3 Å². The highest BCUT2D eigenvalue weighted by molar-refractivity contribution is 5.53. The average Bonchev–Trinajstić information content (AvgIpc) is 2.87. The van der Waals surface area contributed by atoms with Gasteiger partial charge in [0.1, 0.15) is 5.82 Å². The van der Waals surface area contributed by atoms with Crippen molar-refractivity contribution in [3.63, 3.8) is 0 Å². The first-order valence-corrected chi connectivity index (χ1v) is 6.69. The van der Waals surface area contributed by atoms with Crippen molar-refractivity contribution in [3.8, 4) is 0 Å². The second-order valence-electron chi connectivity index (χ2n) is 4.76. The zero-order chi connectivity index (χ0) is 13.8. The van der Waals surface area contributed by atoms with Gasteiger partial charge in [0.05, 0.1) is 11.7 Å². The molecule has 0 bridgehead atoms. The summed E-state index contributed by atoms with van der Waals surface area (Å²) in [5.74, 6) is -0.176. The lowest BCUT2D eigenvalue weighted by atomic mass is 10.1. The summed E-state index contributed by atoms with van der Waals surface area (Å²) < 4.78 is 14.9. The predicted molar refractivity (Wildman–Crippen MR) is 77.0 cm³/mol. The second-order valence-corrected chi connectivity index (χ2v) is 4.76. The quantitative estimate of drug-likeness (QED) is 0.722. The van der Waals surface area contributed by atoms with E-state index in [1.165, 1.54) is 11.6 Å². The van der Waals surface area contributed by atoms with Crippen LogP contribution in [-0.4, -0.2) is 16.2 Å². The summed E-state index contributed by atoms with van der Waals surface area (Å²) in [6.45, 7) is 1.58. The van der Waals surface area contributed by atoms with Gasteiger partial charge in [-0.3, -0.25) is 0 Å². The third kappa shape index (κ3) is 2.86. The van der Waals surface area contributed by atoms with Crippen molar-refractivity contribution >= 4 is 5.52 Å². The maximum Gasteiger partial charge on any atom is 0.123 e. The van der Waals surface area contributed by atoms with Crippen LogP contribution >= 0.6 is 0 Å². The van der Waals surface area contributed by atoms with Gasteiger partial charge in [-0.15, -0.1) is 0 Å². The van der Waals surface area contributed by atoms with Crippen molar-refractivity contribution < 1.29 is 4.39 Å². The van der Waals surface area contributed by atoms with Crippen LogP contribution in [0.5, 0.6) is 0 Å². The number of hydrogen-bond acceptors (Lipinski definition) is 2. The van der Waals surface area contributed by atoms with Crippen molar-refractivity contribution in [1.82, 2.24) is 14.9 Å². The Kier molecular flexibility index (Phi) is 3.74. The van der Waals surface area contributed by atoms with Gasteiger partial charge in [-0.1, -0.05) is 18.2 Å². The Morgan fingerprint density at radius 1 is 1.15 bits per heavy atom. The normalized spacial score (nSPS) is 11.1. The molecule has 3 rings (SSSR count). The van der Waals surface area contributed by atoms with E-state index in [-0.39, 0.29) is 5.82 Å². The molecule has 4 heteroatoms. The van der Waals surface area contributed by atoms with Crippen molar-refractivity contribution in [2.45, 2.75) is 13.0 Å². The largest absolute Gasteiger partial charge is 0.312 e. The summed E-state index contributed by atoms with van der Waals surface area (Å²) in [6, 6.07) is 12.8. The van der Waals surface area contributed by atoms with Crippen LogP contribution in [-0.2, 0) is 13.0 Å². The molecule has 1 N–H and O–H groups in total. The van der Waals surface area contributed by atoms with Gasteiger partial charge in [-0.25, -0.2) is 8.91 Å². The van der Waals surface area contributed by atoms with Crippen LogP contribution in [0.3, 0.4) is 0 Å². The van der Waals surface area contributed by atoms with Crippen LogP contribution in [0.15, 0.2) is 54.9 Å². The van der Waals surface area contributed by atoms with Gasteiger partial charge in [-0.05, 0) is 42.8 Å². The monoisotopic (exact) mass is 269 g/mol. The molecule has 0 unspecified atom stereocenters. The Bertz CT molecular complexity index is 706. The summed E-state index contributed by atoms with van der Waals surface area (Å²) in [6.07, 6.45) is 4.63. The van der Waals surface area contributed by atoms with E-state index in [0.29, 0.717) is 0 Å². The minimum Gasteiger partial charge on any atom is -0.312 e. The van der Waals surface area contributed by atoms with Gasteiger partial charge in [0.15, 0.2) is 0 Å². The first kappa shape index (κ1) is 12.8. The Labute approximate surface area is 117 Å². The minimum absolute atomic E-state index is 0.176. The van der Waals surface area contributed by atoms with Gasteiger partial charge in [0.25, 0.3) is 0 Å². The van der Waals surface area contributed by atoms with Crippen LogP contribution in [0.4, 0.5) is 4.39 Å². The van der Waals surface area contributed by atoms with Gasteiger partial charge in [-0.2, -0.15) is 5.10 Å². The third-order valence-corrected chi connectivity index (χ3v) is 3.30. The maximum absolute atomic E-state index is 13.0. The molecule has 2 heterocycles. The molecule has 0 aliphatic heterocycles. The van der Waals surface area contributed by atoms with Crippen molar-refractivity contribution in [2.24, 2.45) is 0 Å². The molecule has 3 aromatic rings. The lowest BCUT2D eigenvalue weighted by molar-refractivity contribution is 0.622. The number of aromatic nitrogens is 2. The van der Waals surface area contributed by atoms with E-state index < -0.39 is 0 Å². The molecule has 0 aliphatic rings. The molecule has 0 fully saturated rings. The van der Waals surface area contributed by atoms with Crippen LogP contribution < -0.4 is 5.32 Å². The third-order valence-electron chi connectivity index (χ3n) is 3.30. The number of nitrogens with zero attached hydrogens (tertiary/aromatic N) is 2. The molecule has 0 aliphatic carbocycles. The summed E-state index contributed by atoms with van der Waals surface area (Å²) >= 11 is 0. The number of benzene rings is 1. The van der Waals surface area contributed by atoms with Crippen LogP contribution in [0.25, 0.3) is 5.52 Å². The van der Waals surface area contributed by atoms with Gasteiger partial charge >= 0.3 is 0 Å². The van der Waals surface area contributed by atoms with E-state index in [2.05, 4.69) is 16.5 Å². The number of hydrogen-bond donors (Lipinski definition) is 1. The number of rotatable bonds is 5. The van der Waals surface area contributed by atoms with E-state index in [1.54, 1.807) is 12.1 Å². The molecule has 0 atom stereocenters. The SMILES string of the molecule is Fc1cccc(CCNCc2cnn3ccccc23)c1. The lowest BCUT2D eigenvalue weighted by Crippen LogP contribution is -2.16. The fourth-order valence-electron chi connectivity index (χ4n) is 2.27. The fraction of sp³-hybridized carbons (Fsp3) is 0.188. The number of fused-ring (bicyclic) bond motifs is 1. The number of pyridine rings is 1. The second kappa shape index (κ2) is 5.84. The lowest BCUT2D eigenvalue weighted by Gasteiger charge is -2.04. The smallest absolute Gasteiger partial charge is 0.123 e. The molecule has 3 nitrogen and oxygen atoms in total. The summed E-state index contributed by atoms with van der Waals surface area (Å²) in [5.41, 5.74) is 3.30. The molecule has 20 heavy (non-hydrogen) atoms. The van der Waals surface area contributed by atoms with Crippen LogP contribution in [0, 0.1) is 5.82 Å². The summed E-state index contributed by atoms with van der Waals surface area (Å²) in [5, 5.41) is 7.67. The van der Waals surface area contributed by atoms with Gasteiger partial charge < -0.3 is 5.32 Å². The highest BCUT2D eigenvalue weighted by Crippen LogP contribution is 2.09. The molecule has 1 aromatic carbocycles. The standard InChI is InChI=1S/C16H16FN3/c17-15-5-3-4-13(10-15)7-8-18-11-14-12-19-20-9-2-1-6-16(14)20/h1-6,9-10,12,18H,7-8,11H2. The molecule has 0 saturated heterocycles. The van der Waals surface area contributed by atoms with Crippen molar-refractivity contribution in [2.75, 3.05) is 6.54 Å². The highest BCUT2D eigenvalue weighted by atomic mass is 19.1. The van der Waals surface area contributed by atoms with Crippen LogP contribution in [0.2, 0.25) is 0 Å². The van der Waals surface area contributed by atoms with E-state index in [0.717, 1.165) is 30.6 Å². The molecular formula is C16H16FN3. The zero-order valence-electron chi connectivity index (χ0n) is 11.1. The number of halogens is 1. The predicted octanol–water partition coefficient (Wildman–Crippen LogP) is 2.81. The number of nitrogens with one attached hydrogen (secondary N) is 1. The summed E-state index contributed by atoms with van der Waals surface area (Å²) in [4.78, 5) is 0. The molecule has 0 spiro atoms. The fourth-order valence-corrected chi connectivity index (χ4v) is 2.27. The molecule has 0 radical (unpaired) electrons. The topological polar surface area (TPSA) is 29.3 Å². The van der Waals surface area contributed by atoms with E-state index in [4.69, 9.17) is 0 Å². The first-order valence-electron chi connectivity index (χ1n) is 6.69. The Morgan fingerprint density at radius 3 is 3.00 bits per heavy atom. The average molecular weight is 269 g/mol. The van der Waals surface area contributed by atoms with Crippen LogP contribution in [0.1, 0.15) is 11.1 Å². The molecular weight excluding hydrogens is 253 g/mol. The molecule has 0 amide bonds. The molecule has 102 valence electrons. The Balaban J connectivity index is 1.55. The Hall–Kier alpha value is -2.20. The molecule has 2 aromatic heterocycles. The highest BCUT2D eigenvalue weighted by Gasteiger charge is 2.02. The first-order chi connectivity index (χ1) is 9.83. The van der Waals surface area contributed by atoms with Gasteiger partial charge in [0.2, 0.25) is 0 Å². The van der Waals surface area contributed by atoms with Crippen molar-refractivity contribution in [1.29, 1.82) is 0 Å². The van der Waals surface area contributed by atoms with E-state index in [1.807, 2.05) is 35.1 Å². The summed E-state index contributed by atoms with van der Waals surface area (Å²) in [7, 11) is 0. The zero-order valence-corrected chi connectivity index (χ0v) is 11.1.